The lowest BCUT2D eigenvalue weighted by Crippen LogP contribution is -2.40. The number of para-hydroxylation sites is 1. The zero-order valence-electron chi connectivity index (χ0n) is 24.9. The number of benzene rings is 3. The minimum Gasteiger partial charge on any atom is -0.463 e. The highest BCUT2D eigenvalue weighted by molar-refractivity contribution is 7.90. The molecule has 8 heteroatoms. The van der Waals surface area contributed by atoms with Gasteiger partial charge in [0.05, 0.1) is 35.2 Å². The van der Waals surface area contributed by atoms with Crippen molar-refractivity contribution in [2.24, 2.45) is 0 Å². The van der Waals surface area contributed by atoms with Crippen LogP contribution in [-0.4, -0.2) is 42.2 Å². The number of nitrogens with zero attached hydrogens (tertiary/aromatic N) is 2. The van der Waals surface area contributed by atoms with Gasteiger partial charge in [-0.25, -0.2) is 17.2 Å². The van der Waals surface area contributed by atoms with Crippen LogP contribution >= 0.6 is 0 Å². The van der Waals surface area contributed by atoms with Crippen LogP contribution in [0.2, 0.25) is 0 Å². The van der Waals surface area contributed by atoms with E-state index in [2.05, 4.69) is 36.9 Å². The largest absolute Gasteiger partial charge is 0.463 e. The van der Waals surface area contributed by atoms with Gasteiger partial charge in [0.25, 0.3) is 10.0 Å². The van der Waals surface area contributed by atoms with Crippen LogP contribution in [0.1, 0.15) is 73.0 Å². The average Bonchev–Trinajstić information content (AvgIpc) is 3.66. The lowest BCUT2D eigenvalue weighted by atomic mass is 9.89. The van der Waals surface area contributed by atoms with E-state index < -0.39 is 16.1 Å². The molecule has 0 radical (unpaired) electrons. The molecule has 7 rings (SSSR count). The molecule has 4 aromatic rings. The fourth-order valence-electron chi connectivity index (χ4n) is 7.20. The molecular formula is C35H36N2O5S. The average molecular weight is 597 g/mol. The first-order valence-corrected chi connectivity index (χ1v) is 16.5. The Bertz CT molecular complexity index is 1870. The molecule has 3 aromatic carbocycles. The summed E-state index contributed by atoms with van der Waals surface area (Å²) in [6, 6.07) is 20.6. The minimum atomic E-state index is -3.89. The van der Waals surface area contributed by atoms with Crippen LogP contribution in [0.5, 0.6) is 0 Å². The van der Waals surface area contributed by atoms with Gasteiger partial charge in [-0.2, -0.15) is 0 Å². The van der Waals surface area contributed by atoms with Crippen molar-refractivity contribution in [2.75, 3.05) is 6.61 Å². The number of hydrogen-bond donors (Lipinski definition) is 0. The first-order chi connectivity index (χ1) is 20.7. The Kier molecular flexibility index (Phi) is 6.84. The van der Waals surface area contributed by atoms with Crippen molar-refractivity contribution < 1.29 is 22.7 Å². The lowest BCUT2D eigenvalue weighted by Gasteiger charge is -2.38. The number of carbonyl (C=O) groups excluding carboxylic acids is 1. The molecule has 2 aliphatic heterocycles. The Morgan fingerprint density at radius 3 is 2.53 bits per heavy atom. The Labute approximate surface area is 252 Å². The molecule has 3 aliphatic rings. The minimum absolute atomic E-state index is 0.0144. The lowest BCUT2D eigenvalue weighted by molar-refractivity contribution is -0.139. The van der Waals surface area contributed by atoms with Crippen molar-refractivity contribution in [2.45, 2.75) is 75.8 Å². The highest BCUT2D eigenvalue weighted by Gasteiger charge is 2.53. The summed E-state index contributed by atoms with van der Waals surface area (Å²) in [6.07, 6.45) is 4.54. The molecule has 0 N–H and O–H groups in total. The van der Waals surface area contributed by atoms with Gasteiger partial charge >= 0.3 is 5.97 Å². The Hall–Kier alpha value is -3.72. The second-order valence-electron chi connectivity index (χ2n) is 12.1. The third-order valence-electron chi connectivity index (χ3n) is 9.12. The zero-order chi connectivity index (χ0) is 30.0. The van der Waals surface area contributed by atoms with Gasteiger partial charge in [0.2, 0.25) is 0 Å². The van der Waals surface area contributed by atoms with Crippen molar-refractivity contribution in [3.05, 3.63) is 112 Å². The monoisotopic (exact) mass is 596 g/mol. The quantitative estimate of drug-likeness (QED) is 0.235. The molecule has 0 amide bonds. The Morgan fingerprint density at radius 2 is 1.79 bits per heavy atom. The molecule has 1 saturated heterocycles. The van der Waals surface area contributed by atoms with Crippen LogP contribution in [0, 0.1) is 6.92 Å². The summed E-state index contributed by atoms with van der Waals surface area (Å²) in [5.41, 5.74) is 6.86. The Morgan fingerprint density at radius 1 is 1.02 bits per heavy atom. The van der Waals surface area contributed by atoms with E-state index in [9.17, 15) is 13.2 Å². The maximum Gasteiger partial charge on any atom is 0.333 e. The van der Waals surface area contributed by atoms with Gasteiger partial charge in [-0.1, -0.05) is 74.0 Å². The van der Waals surface area contributed by atoms with Crippen LogP contribution in [-0.2, 0) is 30.7 Å². The molecule has 1 aromatic heterocycles. The van der Waals surface area contributed by atoms with Gasteiger partial charge in [0, 0.05) is 35.6 Å². The molecule has 0 saturated carbocycles. The summed E-state index contributed by atoms with van der Waals surface area (Å²) < 4.78 is 41.7. The van der Waals surface area contributed by atoms with E-state index >= 15 is 0 Å². The van der Waals surface area contributed by atoms with E-state index in [1.807, 2.05) is 49.4 Å². The van der Waals surface area contributed by atoms with Crippen molar-refractivity contribution in [1.82, 2.24) is 8.87 Å². The summed E-state index contributed by atoms with van der Waals surface area (Å²) in [5.74, 6) is -0.0183. The summed E-state index contributed by atoms with van der Waals surface area (Å²) in [6.45, 7) is 8.44. The topological polar surface area (TPSA) is 77.8 Å². The molecule has 0 unspecified atom stereocenters. The second-order valence-corrected chi connectivity index (χ2v) is 13.9. The predicted molar refractivity (Wildman–Crippen MR) is 165 cm³/mol. The van der Waals surface area contributed by atoms with Crippen molar-refractivity contribution in [3.63, 3.8) is 0 Å². The predicted octanol–water partition coefficient (Wildman–Crippen LogP) is 6.57. The van der Waals surface area contributed by atoms with Gasteiger partial charge in [-0.05, 0) is 54.7 Å². The smallest absolute Gasteiger partial charge is 0.333 e. The fourth-order valence-corrected chi connectivity index (χ4v) is 8.58. The third-order valence-corrected chi connectivity index (χ3v) is 10.8. The highest BCUT2D eigenvalue weighted by atomic mass is 32.2. The number of fused-ring (bicyclic) bond motifs is 6. The van der Waals surface area contributed by atoms with E-state index in [4.69, 9.17) is 9.47 Å². The molecule has 43 heavy (non-hydrogen) atoms. The fraction of sp³-hybridized carbons (Fsp3) is 0.343. The van der Waals surface area contributed by atoms with E-state index in [0.717, 1.165) is 22.9 Å². The number of aryl methyl sites for hydroxylation is 1. The van der Waals surface area contributed by atoms with Crippen LogP contribution in [0.4, 0.5) is 0 Å². The van der Waals surface area contributed by atoms with Crippen LogP contribution in [0.3, 0.4) is 0 Å². The normalized spacial score (nSPS) is 23.2. The zero-order valence-corrected chi connectivity index (χ0v) is 25.7. The van der Waals surface area contributed by atoms with E-state index in [-0.39, 0.29) is 35.8 Å². The highest BCUT2D eigenvalue weighted by Crippen LogP contribution is 2.54. The Balaban J connectivity index is 1.43. The van der Waals surface area contributed by atoms with E-state index in [0.29, 0.717) is 23.4 Å². The molecule has 0 spiro atoms. The molecule has 0 bridgehead atoms. The molecule has 4 atom stereocenters. The second kappa shape index (κ2) is 10.5. The first-order valence-electron chi connectivity index (χ1n) is 15.0. The summed E-state index contributed by atoms with van der Waals surface area (Å²) in [7, 11) is -3.89. The number of ether oxygens (including phenoxy) is 2. The molecule has 1 aliphatic carbocycles. The van der Waals surface area contributed by atoms with Crippen LogP contribution in [0.15, 0.2) is 89.5 Å². The van der Waals surface area contributed by atoms with Gasteiger partial charge in [0.15, 0.2) is 0 Å². The molecule has 1 fully saturated rings. The van der Waals surface area contributed by atoms with Gasteiger partial charge in [0.1, 0.15) is 6.23 Å². The molecular weight excluding hydrogens is 560 g/mol. The van der Waals surface area contributed by atoms with Crippen molar-refractivity contribution in [1.29, 1.82) is 0 Å². The first kappa shape index (κ1) is 28.1. The molecule has 3 heterocycles. The van der Waals surface area contributed by atoms with Crippen LogP contribution < -0.4 is 0 Å². The maximum atomic E-state index is 14.0. The van der Waals surface area contributed by atoms with Gasteiger partial charge in [-0.3, -0.25) is 4.90 Å². The van der Waals surface area contributed by atoms with Crippen LogP contribution in [0.25, 0.3) is 10.9 Å². The van der Waals surface area contributed by atoms with Crippen molar-refractivity contribution >= 4 is 26.9 Å². The van der Waals surface area contributed by atoms with Gasteiger partial charge in [-0.15, -0.1) is 0 Å². The third kappa shape index (κ3) is 4.46. The number of hydrogen-bond acceptors (Lipinski definition) is 6. The molecule has 7 nitrogen and oxygen atoms in total. The SMILES string of the molecule is CCOC(=O)C1=C[C@H](c2cn(S(=O)(=O)c3ccc(C)cc3)c3ccccc23)N2[C@@H](C1)O[C@@H]1Cc3cccc(C(C)C)c3[C@@H]12. The van der Waals surface area contributed by atoms with E-state index in [1.54, 1.807) is 25.3 Å². The number of rotatable bonds is 6. The van der Waals surface area contributed by atoms with Gasteiger partial charge < -0.3 is 9.47 Å². The standard InChI is InChI=1S/C35H36N2O5S/c1-5-41-35(38)24-17-30(37-32(19-24)42-31-18-23-9-8-11-26(21(2)3)33(23)34(31)37)28-20-36(29-12-7-6-10-27(28)29)43(39,40)25-15-13-22(4)14-16-25/h6-17,20-21,30-32,34H,5,18-19H2,1-4H3/t30-,31-,32-,34-/m1/s1. The summed E-state index contributed by atoms with van der Waals surface area (Å²) in [4.78, 5) is 15.7. The maximum absolute atomic E-state index is 14.0. The van der Waals surface area contributed by atoms with Crippen molar-refractivity contribution in [3.8, 4) is 0 Å². The number of esters is 1. The number of carbonyl (C=O) groups is 1. The summed E-state index contributed by atoms with van der Waals surface area (Å²) >= 11 is 0. The number of aromatic nitrogens is 1. The van der Waals surface area contributed by atoms with E-state index in [1.165, 1.54) is 20.7 Å². The molecule has 222 valence electrons. The summed E-state index contributed by atoms with van der Waals surface area (Å²) in [5, 5.41) is 0.821.